The van der Waals surface area contributed by atoms with E-state index in [1.165, 1.54) is 22.0 Å². The number of piperazine rings is 1. The largest absolute Gasteiger partial charge is 0.416 e. The lowest BCUT2D eigenvalue weighted by atomic mass is 10.0. The number of aryl methyl sites for hydroxylation is 1. The molecule has 8 heteroatoms. The standard InChI is InChI=1S/C21H23F3N2O2S/c1-15-2-3-16-4-9-19(14-20(15)16)29(27,28)26-12-10-25(11-13-26)18-7-5-17(6-8-18)21(22,23)24/h4-9,14-15H,2-3,10-13H2,1H3. The number of benzene rings is 2. The zero-order valence-corrected chi connectivity index (χ0v) is 16.9. The number of halogens is 3. The number of hydrogen-bond acceptors (Lipinski definition) is 3. The Kier molecular flexibility index (Phi) is 5.11. The van der Waals surface area contributed by atoms with Crippen molar-refractivity contribution in [2.75, 3.05) is 31.1 Å². The van der Waals surface area contributed by atoms with Gasteiger partial charge in [-0.05, 0) is 66.3 Å². The summed E-state index contributed by atoms with van der Waals surface area (Å²) in [6.45, 7) is 3.59. The van der Waals surface area contributed by atoms with Crippen molar-refractivity contribution < 1.29 is 21.6 Å². The van der Waals surface area contributed by atoms with Gasteiger partial charge in [-0.1, -0.05) is 13.0 Å². The highest BCUT2D eigenvalue weighted by molar-refractivity contribution is 7.89. The third-order valence-electron chi connectivity index (χ3n) is 5.93. The van der Waals surface area contributed by atoms with Crippen LogP contribution in [0.2, 0.25) is 0 Å². The fourth-order valence-electron chi connectivity index (χ4n) is 4.14. The van der Waals surface area contributed by atoms with Gasteiger partial charge in [-0.25, -0.2) is 8.42 Å². The lowest BCUT2D eigenvalue weighted by Crippen LogP contribution is -2.48. The maximum Gasteiger partial charge on any atom is 0.416 e. The van der Waals surface area contributed by atoms with Crippen LogP contribution < -0.4 is 4.90 Å². The van der Waals surface area contributed by atoms with Gasteiger partial charge >= 0.3 is 6.18 Å². The smallest absolute Gasteiger partial charge is 0.369 e. The van der Waals surface area contributed by atoms with Crippen LogP contribution in [-0.2, 0) is 22.6 Å². The zero-order chi connectivity index (χ0) is 20.8. The van der Waals surface area contributed by atoms with E-state index in [-0.39, 0.29) is 0 Å². The fraction of sp³-hybridized carbons (Fsp3) is 0.429. The molecule has 0 spiro atoms. The Bertz CT molecular complexity index is 996. The van der Waals surface area contributed by atoms with Crippen molar-refractivity contribution in [1.29, 1.82) is 0 Å². The lowest BCUT2D eigenvalue weighted by molar-refractivity contribution is -0.137. The Morgan fingerprint density at radius 2 is 1.62 bits per heavy atom. The third-order valence-corrected chi connectivity index (χ3v) is 7.83. The van der Waals surface area contributed by atoms with Crippen molar-refractivity contribution in [1.82, 2.24) is 4.31 Å². The van der Waals surface area contributed by atoms with Crippen LogP contribution in [0.3, 0.4) is 0 Å². The van der Waals surface area contributed by atoms with Crippen molar-refractivity contribution in [2.45, 2.75) is 36.8 Å². The predicted octanol–water partition coefficient (Wildman–Crippen LogP) is 4.27. The van der Waals surface area contributed by atoms with E-state index in [2.05, 4.69) is 6.92 Å². The van der Waals surface area contributed by atoms with Crippen LogP contribution >= 0.6 is 0 Å². The van der Waals surface area contributed by atoms with Gasteiger partial charge in [0.15, 0.2) is 0 Å². The molecule has 2 aromatic rings. The van der Waals surface area contributed by atoms with Crippen molar-refractivity contribution in [3.8, 4) is 0 Å². The van der Waals surface area contributed by atoms with E-state index in [9.17, 15) is 21.6 Å². The molecular formula is C21H23F3N2O2S. The van der Waals surface area contributed by atoms with Gasteiger partial charge in [0.25, 0.3) is 0 Å². The summed E-state index contributed by atoms with van der Waals surface area (Å²) >= 11 is 0. The first kappa shape index (κ1) is 20.2. The molecule has 4 rings (SSSR count). The molecule has 1 heterocycles. The molecule has 1 saturated heterocycles. The van der Waals surface area contributed by atoms with Crippen LogP contribution in [0.1, 0.15) is 36.0 Å². The van der Waals surface area contributed by atoms with E-state index in [4.69, 9.17) is 0 Å². The fourth-order valence-corrected chi connectivity index (χ4v) is 5.60. The molecule has 0 saturated carbocycles. The molecule has 156 valence electrons. The number of rotatable bonds is 3. The van der Waals surface area contributed by atoms with Gasteiger partial charge in [0.2, 0.25) is 10.0 Å². The first-order valence-electron chi connectivity index (χ1n) is 9.71. The van der Waals surface area contributed by atoms with Crippen LogP contribution in [0.15, 0.2) is 47.4 Å². The van der Waals surface area contributed by atoms with Crippen LogP contribution in [0.5, 0.6) is 0 Å². The van der Waals surface area contributed by atoms with Gasteiger partial charge in [-0.3, -0.25) is 0 Å². The van der Waals surface area contributed by atoms with Crippen molar-refractivity contribution in [2.24, 2.45) is 0 Å². The Balaban J connectivity index is 1.46. The summed E-state index contributed by atoms with van der Waals surface area (Å²) in [5.41, 5.74) is 2.33. The summed E-state index contributed by atoms with van der Waals surface area (Å²) in [6, 6.07) is 10.4. The van der Waals surface area contributed by atoms with E-state index in [0.717, 1.165) is 30.5 Å². The molecule has 1 unspecified atom stereocenters. The maximum atomic E-state index is 13.1. The first-order valence-corrected chi connectivity index (χ1v) is 11.2. The van der Waals surface area contributed by atoms with Gasteiger partial charge in [0.05, 0.1) is 10.5 Å². The molecule has 29 heavy (non-hydrogen) atoms. The summed E-state index contributed by atoms with van der Waals surface area (Å²) in [5.74, 6) is 0.372. The van der Waals surface area contributed by atoms with Crippen molar-refractivity contribution >= 4 is 15.7 Å². The van der Waals surface area contributed by atoms with Gasteiger partial charge in [0, 0.05) is 31.9 Å². The number of hydrogen-bond donors (Lipinski definition) is 0. The molecule has 2 aromatic carbocycles. The Labute approximate surface area is 169 Å². The van der Waals surface area contributed by atoms with Crippen LogP contribution in [0.4, 0.5) is 18.9 Å². The predicted molar refractivity (Wildman–Crippen MR) is 106 cm³/mol. The molecule has 1 fully saturated rings. The van der Waals surface area contributed by atoms with E-state index in [0.29, 0.717) is 42.7 Å². The van der Waals surface area contributed by atoms with E-state index >= 15 is 0 Å². The summed E-state index contributed by atoms with van der Waals surface area (Å²) in [5, 5.41) is 0. The number of alkyl halides is 3. The lowest BCUT2D eigenvalue weighted by Gasteiger charge is -2.35. The normalized spacial score (nSPS) is 20.7. The molecule has 1 aliphatic carbocycles. The van der Waals surface area contributed by atoms with Crippen molar-refractivity contribution in [3.05, 3.63) is 59.2 Å². The summed E-state index contributed by atoms with van der Waals surface area (Å²) in [6.07, 6.45) is -2.33. The monoisotopic (exact) mass is 424 g/mol. The SMILES string of the molecule is CC1CCc2ccc(S(=O)(=O)N3CCN(c4ccc(C(F)(F)F)cc4)CC3)cc21. The van der Waals surface area contributed by atoms with Gasteiger partial charge in [0.1, 0.15) is 0 Å². The number of fused-ring (bicyclic) bond motifs is 1. The van der Waals surface area contributed by atoms with E-state index in [1.807, 2.05) is 17.0 Å². The molecule has 1 atom stereocenters. The van der Waals surface area contributed by atoms with Gasteiger partial charge in [-0.15, -0.1) is 0 Å². The Hall–Kier alpha value is -2.06. The second-order valence-corrected chi connectivity index (χ2v) is 9.67. The molecular weight excluding hydrogens is 401 g/mol. The third kappa shape index (κ3) is 3.88. The highest BCUT2D eigenvalue weighted by atomic mass is 32.2. The Morgan fingerprint density at radius 1 is 0.966 bits per heavy atom. The van der Waals surface area contributed by atoms with Crippen LogP contribution in [0.25, 0.3) is 0 Å². The minimum Gasteiger partial charge on any atom is -0.369 e. The van der Waals surface area contributed by atoms with Gasteiger partial charge in [-0.2, -0.15) is 17.5 Å². The average molecular weight is 424 g/mol. The van der Waals surface area contributed by atoms with Crippen molar-refractivity contribution in [3.63, 3.8) is 0 Å². The molecule has 0 aromatic heterocycles. The maximum absolute atomic E-state index is 13.1. The molecule has 0 N–H and O–H groups in total. The summed E-state index contributed by atoms with van der Waals surface area (Å²) in [4.78, 5) is 2.24. The second kappa shape index (κ2) is 7.32. The van der Waals surface area contributed by atoms with Crippen LogP contribution in [-0.4, -0.2) is 38.9 Å². The summed E-state index contributed by atoms with van der Waals surface area (Å²) < 4.78 is 65.8. The molecule has 0 amide bonds. The summed E-state index contributed by atoms with van der Waals surface area (Å²) in [7, 11) is -3.58. The zero-order valence-electron chi connectivity index (χ0n) is 16.1. The molecule has 2 aliphatic rings. The average Bonchev–Trinajstić information content (AvgIpc) is 3.08. The molecule has 0 bridgehead atoms. The number of anilines is 1. The van der Waals surface area contributed by atoms with Gasteiger partial charge < -0.3 is 4.90 Å². The molecule has 0 radical (unpaired) electrons. The van der Waals surface area contributed by atoms with E-state index < -0.39 is 21.8 Å². The van der Waals surface area contributed by atoms with Crippen LogP contribution in [0, 0.1) is 0 Å². The highest BCUT2D eigenvalue weighted by Gasteiger charge is 2.32. The number of sulfonamides is 1. The first-order chi connectivity index (χ1) is 13.7. The Morgan fingerprint density at radius 3 is 2.24 bits per heavy atom. The second-order valence-electron chi connectivity index (χ2n) is 7.74. The highest BCUT2D eigenvalue weighted by Crippen LogP contribution is 2.35. The minimum atomic E-state index is -4.36. The minimum absolute atomic E-state index is 0.302. The molecule has 1 aliphatic heterocycles. The van der Waals surface area contributed by atoms with E-state index in [1.54, 1.807) is 6.07 Å². The molecule has 4 nitrogen and oxygen atoms in total. The quantitative estimate of drug-likeness (QED) is 0.739. The topological polar surface area (TPSA) is 40.6 Å². The number of nitrogens with zero attached hydrogens (tertiary/aromatic N) is 2.